The Morgan fingerprint density at radius 3 is 2.32 bits per heavy atom. The van der Waals surface area contributed by atoms with Crippen molar-refractivity contribution >= 4 is 5.97 Å². The zero-order valence-corrected chi connectivity index (χ0v) is 10.7. The van der Waals surface area contributed by atoms with Gasteiger partial charge in [0.15, 0.2) is 0 Å². The van der Waals surface area contributed by atoms with Crippen LogP contribution in [0.25, 0.3) is 0 Å². The van der Waals surface area contributed by atoms with Crippen molar-refractivity contribution in [1.82, 2.24) is 0 Å². The lowest BCUT2D eigenvalue weighted by atomic mass is 10.0. The van der Waals surface area contributed by atoms with Crippen molar-refractivity contribution in [2.45, 2.75) is 19.4 Å². The quantitative estimate of drug-likeness (QED) is 0.891. The third-order valence-electron chi connectivity index (χ3n) is 3.00. The van der Waals surface area contributed by atoms with Crippen LogP contribution in [-0.2, 0) is 11.4 Å². The molecule has 19 heavy (non-hydrogen) atoms. The summed E-state index contributed by atoms with van der Waals surface area (Å²) in [4.78, 5) is 10.9. The van der Waals surface area contributed by atoms with Crippen LogP contribution in [0.5, 0.6) is 5.75 Å². The largest absolute Gasteiger partial charge is 0.489 e. The van der Waals surface area contributed by atoms with Crippen LogP contribution in [0, 0.1) is 0 Å². The van der Waals surface area contributed by atoms with E-state index in [0.717, 1.165) is 16.9 Å². The highest BCUT2D eigenvalue weighted by atomic mass is 16.5. The Balaban J connectivity index is 1.97. The van der Waals surface area contributed by atoms with Gasteiger partial charge in [0.05, 0.1) is 5.92 Å². The van der Waals surface area contributed by atoms with Gasteiger partial charge in [-0.15, -0.1) is 0 Å². The SMILES string of the molecule is C[C@H](C(=O)O)c1ccc(OCc2ccccc2)cc1. The van der Waals surface area contributed by atoms with E-state index in [1.807, 2.05) is 30.3 Å². The molecule has 1 N–H and O–H groups in total. The van der Waals surface area contributed by atoms with Gasteiger partial charge in [-0.3, -0.25) is 4.79 Å². The third kappa shape index (κ3) is 3.58. The first-order chi connectivity index (χ1) is 9.16. The lowest BCUT2D eigenvalue weighted by Crippen LogP contribution is -2.07. The molecule has 1 atom stereocenters. The lowest BCUT2D eigenvalue weighted by molar-refractivity contribution is -0.138. The summed E-state index contributed by atoms with van der Waals surface area (Å²) in [5.41, 5.74) is 1.88. The molecule has 0 bridgehead atoms. The van der Waals surface area contributed by atoms with Gasteiger partial charge in [-0.2, -0.15) is 0 Å². The highest BCUT2D eigenvalue weighted by Crippen LogP contribution is 2.20. The van der Waals surface area contributed by atoms with Crippen LogP contribution in [0.4, 0.5) is 0 Å². The first kappa shape index (κ1) is 13.1. The summed E-state index contributed by atoms with van der Waals surface area (Å²) < 4.78 is 5.64. The summed E-state index contributed by atoms with van der Waals surface area (Å²) >= 11 is 0. The van der Waals surface area contributed by atoms with E-state index < -0.39 is 11.9 Å². The van der Waals surface area contributed by atoms with Gasteiger partial charge in [0.1, 0.15) is 12.4 Å². The van der Waals surface area contributed by atoms with E-state index in [1.54, 1.807) is 31.2 Å². The van der Waals surface area contributed by atoms with Crippen LogP contribution in [0.15, 0.2) is 54.6 Å². The predicted octanol–water partition coefficient (Wildman–Crippen LogP) is 3.45. The van der Waals surface area contributed by atoms with Crippen molar-refractivity contribution in [3.8, 4) is 5.75 Å². The molecule has 98 valence electrons. The first-order valence-corrected chi connectivity index (χ1v) is 6.16. The molecular weight excluding hydrogens is 240 g/mol. The lowest BCUT2D eigenvalue weighted by Gasteiger charge is -2.09. The summed E-state index contributed by atoms with van der Waals surface area (Å²) in [6.45, 7) is 2.18. The summed E-state index contributed by atoms with van der Waals surface area (Å²) in [7, 11) is 0. The van der Waals surface area contributed by atoms with E-state index in [2.05, 4.69) is 0 Å². The van der Waals surface area contributed by atoms with Gasteiger partial charge < -0.3 is 9.84 Å². The minimum absolute atomic E-state index is 0.497. The van der Waals surface area contributed by atoms with Crippen molar-refractivity contribution in [1.29, 1.82) is 0 Å². The maximum atomic E-state index is 10.9. The molecule has 2 aromatic rings. The van der Waals surface area contributed by atoms with Gasteiger partial charge in [-0.05, 0) is 30.2 Å². The molecule has 0 unspecified atom stereocenters. The fourth-order valence-electron chi connectivity index (χ4n) is 1.74. The standard InChI is InChI=1S/C16H16O3/c1-12(16(17)18)14-7-9-15(10-8-14)19-11-13-5-3-2-4-6-13/h2-10,12H,11H2,1H3,(H,17,18)/t12-/m0/s1. The van der Waals surface area contributed by atoms with Gasteiger partial charge in [-0.25, -0.2) is 0 Å². The second-order valence-electron chi connectivity index (χ2n) is 4.40. The Bertz CT molecular complexity index is 532. The average molecular weight is 256 g/mol. The van der Waals surface area contributed by atoms with E-state index in [4.69, 9.17) is 9.84 Å². The fraction of sp³-hybridized carbons (Fsp3) is 0.188. The van der Waals surface area contributed by atoms with Gasteiger partial charge in [0.25, 0.3) is 0 Å². The number of hydrogen-bond donors (Lipinski definition) is 1. The number of benzene rings is 2. The molecule has 0 aliphatic heterocycles. The molecule has 2 aromatic carbocycles. The van der Waals surface area contributed by atoms with Crippen LogP contribution in [-0.4, -0.2) is 11.1 Å². The van der Waals surface area contributed by atoms with Crippen LogP contribution in [0.1, 0.15) is 24.0 Å². The highest BCUT2D eigenvalue weighted by Gasteiger charge is 2.12. The van der Waals surface area contributed by atoms with Crippen molar-refractivity contribution in [3.05, 3.63) is 65.7 Å². The van der Waals surface area contributed by atoms with Crippen LogP contribution in [0.2, 0.25) is 0 Å². The number of hydrogen-bond acceptors (Lipinski definition) is 2. The van der Waals surface area contributed by atoms with Gasteiger partial charge >= 0.3 is 5.97 Å². The van der Waals surface area contributed by atoms with Crippen molar-refractivity contribution in [3.63, 3.8) is 0 Å². The molecule has 0 aliphatic carbocycles. The van der Waals surface area contributed by atoms with Crippen molar-refractivity contribution in [2.75, 3.05) is 0 Å². The van der Waals surface area contributed by atoms with E-state index in [1.165, 1.54) is 0 Å². The maximum absolute atomic E-state index is 10.9. The van der Waals surface area contributed by atoms with Crippen LogP contribution >= 0.6 is 0 Å². The smallest absolute Gasteiger partial charge is 0.310 e. The number of carboxylic acids is 1. The molecule has 0 saturated heterocycles. The third-order valence-corrected chi connectivity index (χ3v) is 3.00. The maximum Gasteiger partial charge on any atom is 0.310 e. The Labute approximate surface area is 112 Å². The molecule has 3 heteroatoms. The topological polar surface area (TPSA) is 46.5 Å². The highest BCUT2D eigenvalue weighted by molar-refractivity contribution is 5.75. The molecular formula is C16H16O3. The first-order valence-electron chi connectivity index (χ1n) is 6.16. The van der Waals surface area contributed by atoms with E-state index in [-0.39, 0.29) is 0 Å². The van der Waals surface area contributed by atoms with Gasteiger partial charge in [0.2, 0.25) is 0 Å². The van der Waals surface area contributed by atoms with E-state index in [0.29, 0.717) is 6.61 Å². The number of ether oxygens (including phenoxy) is 1. The van der Waals surface area contributed by atoms with Crippen molar-refractivity contribution < 1.29 is 14.6 Å². The minimum atomic E-state index is -0.821. The molecule has 0 fully saturated rings. The van der Waals surface area contributed by atoms with Crippen molar-refractivity contribution in [2.24, 2.45) is 0 Å². The van der Waals surface area contributed by atoms with E-state index in [9.17, 15) is 4.79 Å². The fourth-order valence-corrected chi connectivity index (χ4v) is 1.74. The molecule has 2 rings (SSSR count). The zero-order valence-electron chi connectivity index (χ0n) is 10.7. The number of carboxylic acid groups (broad SMARTS) is 1. The number of rotatable bonds is 5. The second kappa shape index (κ2) is 6.05. The zero-order chi connectivity index (χ0) is 13.7. The normalized spacial score (nSPS) is 11.8. The predicted molar refractivity (Wildman–Crippen MR) is 73.3 cm³/mol. The summed E-state index contributed by atoms with van der Waals surface area (Å²) in [5.74, 6) is -0.577. The molecule has 0 heterocycles. The summed E-state index contributed by atoms with van der Waals surface area (Å²) in [6.07, 6.45) is 0. The summed E-state index contributed by atoms with van der Waals surface area (Å²) in [5, 5.41) is 8.93. The molecule has 0 aromatic heterocycles. The van der Waals surface area contributed by atoms with Gasteiger partial charge in [-0.1, -0.05) is 42.5 Å². The average Bonchev–Trinajstić information content (AvgIpc) is 2.46. The van der Waals surface area contributed by atoms with Crippen LogP contribution in [0.3, 0.4) is 0 Å². The Hall–Kier alpha value is -2.29. The van der Waals surface area contributed by atoms with Gasteiger partial charge in [0, 0.05) is 0 Å². The molecule has 0 amide bonds. The minimum Gasteiger partial charge on any atom is -0.489 e. The monoisotopic (exact) mass is 256 g/mol. The second-order valence-corrected chi connectivity index (χ2v) is 4.40. The Morgan fingerprint density at radius 1 is 1.11 bits per heavy atom. The molecule has 3 nitrogen and oxygen atoms in total. The molecule has 0 saturated carbocycles. The van der Waals surface area contributed by atoms with Crippen LogP contribution < -0.4 is 4.74 Å². The number of aliphatic carboxylic acids is 1. The molecule has 0 aliphatic rings. The molecule has 0 radical (unpaired) electrons. The summed E-state index contributed by atoms with van der Waals surface area (Å²) in [6, 6.07) is 17.1. The number of carbonyl (C=O) groups is 1. The Morgan fingerprint density at radius 2 is 1.74 bits per heavy atom. The Kier molecular flexibility index (Phi) is 4.18. The molecule has 0 spiro atoms. The van der Waals surface area contributed by atoms with E-state index >= 15 is 0 Å².